The summed E-state index contributed by atoms with van der Waals surface area (Å²) in [6.45, 7) is 11.8. The number of hydrogen-bond acceptors (Lipinski definition) is 2. The maximum Gasteiger partial charge on any atom is 0.179 e. The van der Waals surface area contributed by atoms with E-state index in [1.807, 2.05) is 41.5 Å². The number of H-pyrrole nitrogens is 2. The number of carbonyl (C=O) groups excluding carboxylic acids is 2. The Bertz CT molecular complexity index is 683. The van der Waals surface area contributed by atoms with Gasteiger partial charge >= 0.3 is 0 Å². The first kappa shape index (κ1) is 16.3. The second-order valence-corrected chi connectivity index (χ2v) is 6.10. The van der Waals surface area contributed by atoms with Crippen LogP contribution in [0.2, 0.25) is 0 Å². The van der Waals surface area contributed by atoms with E-state index in [0.29, 0.717) is 11.4 Å². The van der Waals surface area contributed by atoms with Gasteiger partial charge in [0.2, 0.25) is 0 Å². The molecular weight excluding hydrogens is 276 g/mol. The van der Waals surface area contributed by atoms with E-state index in [1.165, 1.54) is 0 Å². The monoisotopic (exact) mass is 300 g/mol. The molecule has 0 bridgehead atoms. The molecule has 0 unspecified atom stereocenters. The van der Waals surface area contributed by atoms with Gasteiger partial charge in [-0.3, -0.25) is 9.59 Å². The third-order valence-corrected chi connectivity index (χ3v) is 4.76. The minimum atomic E-state index is -0.000275. The lowest BCUT2D eigenvalue weighted by Gasteiger charge is -2.02. The summed E-state index contributed by atoms with van der Waals surface area (Å²) in [6, 6.07) is 0. The number of nitrogens with one attached hydrogen (secondary N) is 2. The molecule has 0 saturated carbocycles. The van der Waals surface area contributed by atoms with Crippen molar-refractivity contribution in [3.8, 4) is 0 Å². The normalized spacial score (nSPS) is 11.0. The molecule has 0 saturated heterocycles. The van der Waals surface area contributed by atoms with Crippen molar-refractivity contribution in [3.63, 3.8) is 0 Å². The molecule has 2 aromatic heterocycles. The first-order valence-electron chi connectivity index (χ1n) is 7.62. The molecule has 0 aromatic carbocycles. The fourth-order valence-electron chi connectivity index (χ4n) is 2.72. The van der Waals surface area contributed by atoms with Crippen LogP contribution in [-0.4, -0.2) is 21.5 Å². The Morgan fingerprint density at radius 2 is 0.955 bits per heavy atom. The van der Waals surface area contributed by atoms with Crippen LogP contribution in [-0.2, 0) is 0 Å². The molecule has 2 aromatic rings. The van der Waals surface area contributed by atoms with Crippen molar-refractivity contribution in [1.29, 1.82) is 0 Å². The van der Waals surface area contributed by atoms with Gasteiger partial charge in [-0.25, -0.2) is 0 Å². The number of carbonyl (C=O) groups is 2. The molecule has 0 fully saturated rings. The average Bonchev–Trinajstić information content (AvgIpc) is 2.89. The van der Waals surface area contributed by atoms with Gasteiger partial charge in [-0.15, -0.1) is 0 Å². The van der Waals surface area contributed by atoms with Crippen LogP contribution in [0.3, 0.4) is 0 Å². The highest BCUT2D eigenvalue weighted by atomic mass is 16.1. The van der Waals surface area contributed by atoms with Gasteiger partial charge in [-0.1, -0.05) is 0 Å². The number of rotatable bonds is 5. The molecular formula is C18H24N2O2. The number of hydrogen-bond donors (Lipinski definition) is 2. The minimum Gasteiger partial charge on any atom is -0.356 e. The third kappa shape index (κ3) is 2.78. The van der Waals surface area contributed by atoms with Crippen LogP contribution in [0.15, 0.2) is 0 Å². The van der Waals surface area contributed by atoms with Crippen LogP contribution in [0, 0.1) is 41.5 Å². The summed E-state index contributed by atoms with van der Waals surface area (Å²) in [7, 11) is 0. The predicted octanol–water partition coefficient (Wildman–Crippen LogP) is 4.04. The van der Waals surface area contributed by atoms with Crippen LogP contribution in [0.1, 0.15) is 67.5 Å². The van der Waals surface area contributed by atoms with Gasteiger partial charge in [0.05, 0.1) is 11.4 Å². The zero-order valence-corrected chi connectivity index (χ0v) is 14.2. The van der Waals surface area contributed by atoms with E-state index >= 15 is 0 Å². The maximum atomic E-state index is 12.3. The van der Waals surface area contributed by atoms with E-state index < -0.39 is 0 Å². The molecule has 0 spiro atoms. The molecule has 4 nitrogen and oxygen atoms in total. The van der Waals surface area contributed by atoms with Gasteiger partial charge in [0, 0.05) is 24.2 Å². The van der Waals surface area contributed by atoms with Crippen LogP contribution in [0.5, 0.6) is 0 Å². The van der Waals surface area contributed by atoms with E-state index in [2.05, 4.69) is 9.97 Å². The highest BCUT2D eigenvalue weighted by molar-refractivity contribution is 6.02. The van der Waals surface area contributed by atoms with Crippen molar-refractivity contribution in [2.45, 2.75) is 54.4 Å². The highest BCUT2D eigenvalue weighted by Gasteiger charge is 2.19. The molecule has 22 heavy (non-hydrogen) atoms. The zero-order chi connectivity index (χ0) is 16.6. The topological polar surface area (TPSA) is 65.7 Å². The zero-order valence-electron chi connectivity index (χ0n) is 14.2. The second kappa shape index (κ2) is 5.95. The van der Waals surface area contributed by atoms with Gasteiger partial charge in [0.1, 0.15) is 0 Å². The summed E-state index contributed by atoms with van der Waals surface area (Å²) in [5.41, 5.74) is 7.49. The smallest absolute Gasteiger partial charge is 0.179 e. The SMILES string of the molecule is Cc1[nH]c(C(=O)CCC(=O)c2[nH]c(C)c(C)c2C)c(C)c1C. The fourth-order valence-corrected chi connectivity index (χ4v) is 2.72. The van der Waals surface area contributed by atoms with Crippen LogP contribution < -0.4 is 0 Å². The molecule has 2 N–H and O–H groups in total. The molecule has 0 aliphatic heterocycles. The molecule has 0 aliphatic rings. The van der Waals surface area contributed by atoms with E-state index in [1.54, 1.807) is 0 Å². The van der Waals surface area contributed by atoms with Crippen LogP contribution in [0.25, 0.3) is 0 Å². The lowest BCUT2D eigenvalue weighted by molar-refractivity contribution is 0.0912. The Morgan fingerprint density at radius 1 is 0.636 bits per heavy atom. The van der Waals surface area contributed by atoms with E-state index in [9.17, 15) is 9.59 Å². The molecule has 118 valence electrons. The molecule has 0 amide bonds. The predicted molar refractivity (Wildman–Crippen MR) is 87.9 cm³/mol. The van der Waals surface area contributed by atoms with E-state index in [4.69, 9.17) is 0 Å². The summed E-state index contributed by atoms with van der Waals surface area (Å²) in [6.07, 6.45) is 0.464. The van der Waals surface area contributed by atoms with Crippen molar-refractivity contribution in [2.24, 2.45) is 0 Å². The Labute approximate surface area is 131 Å². The molecule has 0 radical (unpaired) electrons. The first-order valence-corrected chi connectivity index (χ1v) is 7.62. The Hall–Kier alpha value is -2.10. The average molecular weight is 300 g/mol. The Balaban J connectivity index is 2.09. The van der Waals surface area contributed by atoms with Crippen LogP contribution >= 0.6 is 0 Å². The summed E-state index contributed by atoms with van der Waals surface area (Å²) in [5.74, 6) is -0.000550. The lowest BCUT2D eigenvalue weighted by Crippen LogP contribution is -2.08. The van der Waals surface area contributed by atoms with Gasteiger partial charge in [0.25, 0.3) is 0 Å². The summed E-state index contributed by atoms with van der Waals surface area (Å²) in [4.78, 5) is 30.9. The highest BCUT2D eigenvalue weighted by Crippen LogP contribution is 2.21. The number of Topliss-reactive ketones (excluding diaryl/α,β-unsaturated/α-hetero) is 2. The molecule has 4 heteroatoms. The number of ketones is 2. The lowest BCUT2D eigenvalue weighted by atomic mass is 10.0. The van der Waals surface area contributed by atoms with Crippen LogP contribution in [0.4, 0.5) is 0 Å². The van der Waals surface area contributed by atoms with E-state index in [0.717, 1.165) is 33.6 Å². The van der Waals surface area contributed by atoms with E-state index in [-0.39, 0.29) is 24.4 Å². The van der Waals surface area contributed by atoms with Crippen molar-refractivity contribution >= 4 is 11.6 Å². The van der Waals surface area contributed by atoms with Crippen molar-refractivity contribution in [1.82, 2.24) is 9.97 Å². The first-order chi connectivity index (χ1) is 10.2. The van der Waals surface area contributed by atoms with Gasteiger partial charge in [-0.2, -0.15) is 0 Å². The summed E-state index contributed by atoms with van der Waals surface area (Å²) in [5, 5.41) is 0. The Kier molecular flexibility index (Phi) is 4.40. The number of aryl methyl sites for hydroxylation is 2. The van der Waals surface area contributed by atoms with Gasteiger partial charge in [0.15, 0.2) is 11.6 Å². The molecule has 2 rings (SSSR count). The Morgan fingerprint density at radius 3 is 1.18 bits per heavy atom. The number of aromatic nitrogens is 2. The van der Waals surface area contributed by atoms with Gasteiger partial charge in [-0.05, 0) is 63.8 Å². The quantitative estimate of drug-likeness (QED) is 0.818. The molecule has 0 atom stereocenters. The largest absolute Gasteiger partial charge is 0.356 e. The maximum absolute atomic E-state index is 12.3. The fraction of sp³-hybridized carbons (Fsp3) is 0.444. The molecule has 0 aliphatic carbocycles. The molecule has 2 heterocycles. The number of aromatic amines is 2. The second-order valence-electron chi connectivity index (χ2n) is 6.10. The summed E-state index contributed by atoms with van der Waals surface area (Å²) < 4.78 is 0. The van der Waals surface area contributed by atoms with Gasteiger partial charge < -0.3 is 9.97 Å². The third-order valence-electron chi connectivity index (χ3n) is 4.76. The minimum absolute atomic E-state index is 0.000275. The summed E-state index contributed by atoms with van der Waals surface area (Å²) >= 11 is 0. The van der Waals surface area contributed by atoms with Crippen molar-refractivity contribution in [3.05, 3.63) is 45.0 Å². The standard InChI is InChI=1S/C18H24N2O2/c1-9-11(3)17(19-13(9)5)15(21)7-8-16(22)18-12(4)10(2)14(6)20-18/h19-20H,7-8H2,1-6H3. The van der Waals surface area contributed by atoms with Crippen molar-refractivity contribution < 1.29 is 9.59 Å². The van der Waals surface area contributed by atoms with Crippen molar-refractivity contribution in [2.75, 3.05) is 0 Å².